The fourth-order valence-corrected chi connectivity index (χ4v) is 3.99. The standard InChI is InChI=1S/C13H19ClN2O2S/c1-9-3-5-16(6-4-9)19(17,18)11-7-10(2)13(14)12(15)8-11/h7-9H,3-6,15H2,1-2H3. The van der Waals surface area contributed by atoms with E-state index in [0.717, 1.165) is 12.8 Å². The predicted molar refractivity (Wildman–Crippen MR) is 77.8 cm³/mol. The molecule has 106 valence electrons. The number of nitrogen functional groups attached to an aromatic ring is 1. The van der Waals surface area contributed by atoms with Crippen molar-refractivity contribution in [3.8, 4) is 0 Å². The zero-order valence-electron chi connectivity index (χ0n) is 11.2. The highest BCUT2D eigenvalue weighted by molar-refractivity contribution is 7.89. The molecule has 1 saturated heterocycles. The molecular weight excluding hydrogens is 284 g/mol. The Kier molecular flexibility index (Phi) is 4.08. The maximum atomic E-state index is 12.5. The Morgan fingerprint density at radius 3 is 2.42 bits per heavy atom. The molecule has 0 spiro atoms. The minimum absolute atomic E-state index is 0.237. The molecule has 2 rings (SSSR count). The number of nitrogens with zero attached hydrogens (tertiary/aromatic N) is 1. The number of halogens is 1. The van der Waals surface area contributed by atoms with Crippen molar-refractivity contribution in [3.05, 3.63) is 22.7 Å². The summed E-state index contributed by atoms with van der Waals surface area (Å²) in [5, 5.41) is 0.422. The van der Waals surface area contributed by atoms with Crippen LogP contribution in [0.25, 0.3) is 0 Å². The fraction of sp³-hybridized carbons (Fsp3) is 0.538. The van der Waals surface area contributed by atoms with Crippen LogP contribution < -0.4 is 5.73 Å². The highest BCUT2D eigenvalue weighted by Gasteiger charge is 2.28. The van der Waals surface area contributed by atoms with Gasteiger partial charge in [-0.2, -0.15) is 4.31 Å². The van der Waals surface area contributed by atoms with Crippen LogP contribution in [0.4, 0.5) is 5.69 Å². The molecule has 1 aromatic carbocycles. The number of aryl methyl sites for hydroxylation is 1. The molecule has 6 heteroatoms. The Morgan fingerprint density at radius 2 is 1.89 bits per heavy atom. The SMILES string of the molecule is Cc1cc(S(=O)(=O)N2CCC(C)CC2)cc(N)c1Cl. The van der Waals surface area contributed by atoms with E-state index in [0.29, 0.717) is 35.3 Å². The van der Waals surface area contributed by atoms with Crippen LogP contribution in [0.15, 0.2) is 17.0 Å². The molecule has 0 atom stereocenters. The maximum absolute atomic E-state index is 12.5. The van der Waals surface area contributed by atoms with Crippen molar-refractivity contribution in [2.45, 2.75) is 31.6 Å². The second-order valence-electron chi connectivity index (χ2n) is 5.23. The third-order valence-corrected chi connectivity index (χ3v) is 6.03. The van der Waals surface area contributed by atoms with Crippen LogP contribution in [0.3, 0.4) is 0 Å². The summed E-state index contributed by atoms with van der Waals surface area (Å²) in [4.78, 5) is 0.237. The van der Waals surface area contributed by atoms with E-state index in [4.69, 9.17) is 17.3 Å². The molecule has 1 aromatic rings. The van der Waals surface area contributed by atoms with Crippen molar-refractivity contribution in [2.75, 3.05) is 18.8 Å². The van der Waals surface area contributed by atoms with E-state index >= 15 is 0 Å². The molecule has 2 N–H and O–H groups in total. The number of nitrogens with two attached hydrogens (primary N) is 1. The van der Waals surface area contributed by atoms with Gasteiger partial charge in [-0.25, -0.2) is 8.42 Å². The van der Waals surface area contributed by atoms with E-state index in [9.17, 15) is 8.42 Å². The van der Waals surface area contributed by atoms with Gasteiger partial charge >= 0.3 is 0 Å². The Bertz CT molecular complexity index is 555. The van der Waals surface area contributed by atoms with Crippen LogP contribution in [-0.2, 0) is 10.0 Å². The lowest BCUT2D eigenvalue weighted by Gasteiger charge is -2.29. The predicted octanol–water partition coefficient (Wildman–Crippen LogP) is 2.65. The highest BCUT2D eigenvalue weighted by Crippen LogP contribution is 2.30. The number of rotatable bonds is 2. The minimum atomic E-state index is -3.45. The Morgan fingerprint density at radius 1 is 1.32 bits per heavy atom. The number of sulfonamides is 1. The average molecular weight is 303 g/mol. The van der Waals surface area contributed by atoms with E-state index in [1.165, 1.54) is 10.4 Å². The molecule has 0 unspecified atom stereocenters. The van der Waals surface area contributed by atoms with Gasteiger partial charge in [0.05, 0.1) is 15.6 Å². The smallest absolute Gasteiger partial charge is 0.243 e. The van der Waals surface area contributed by atoms with E-state index in [-0.39, 0.29) is 4.90 Å². The molecule has 0 aromatic heterocycles. The first-order valence-electron chi connectivity index (χ1n) is 6.38. The minimum Gasteiger partial charge on any atom is -0.397 e. The summed E-state index contributed by atoms with van der Waals surface area (Å²) in [5.74, 6) is 0.587. The average Bonchev–Trinajstić information content (AvgIpc) is 2.35. The van der Waals surface area contributed by atoms with Gasteiger partial charge in [-0.3, -0.25) is 0 Å². The van der Waals surface area contributed by atoms with Gasteiger partial charge in [0, 0.05) is 13.1 Å². The summed E-state index contributed by atoms with van der Waals surface area (Å²) in [6.07, 6.45) is 1.81. The monoisotopic (exact) mass is 302 g/mol. The van der Waals surface area contributed by atoms with Gasteiger partial charge < -0.3 is 5.73 Å². The van der Waals surface area contributed by atoms with Gasteiger partial charge in [0.25, 0.3) is 0 Å². The first kappa shape index (κ1) is 14.6. The van der Waals surface area contributed by atoms with Crippen LogP contribution in [0.2, 0.25) is 5.02 Å². The van der Waals surface area contributed by atoms with Gasteiger partial charge in [-0.15, -0.1) is 0 Å². The zero-order chi connectivity index (χ0) is 14.2. The molecule has 19 heavy (non-hydrogen) atoms. The Balaban J connectivity index is 2.35. The van der Waals surface area contributed by atoms with Crippen molar-refractivity contribution in [2.24, 2.45) is 5.92 Å². The third kappa shape index (κ3) is 2.88. The van der Waals surface area contributed by atoms with Crippen molar-refractivity contribution in [3.63, 3.8) is 0 Å². The first-order valence-corrected chi connectivity index (χ1v) is 8.20. The van der Waals surface area contributed by atoms with Crippen LogP contribution >= 0.6 is 11.6 Å². The molecule has 0 radical (unpaired) electrons. The summed E-state index contributed by atoms with van der Waals surface area (Å²) in [6, 6.07) is 3.04. The van der Waals surface area contributed by atoms with Gasteiger partial charge in [-0.05, 0) is 43.4 Å². The molecule has 0 aliphatic carbocycles. The molecule has 0 bridgehead atoms. The van der Waals surface area contributed by atoms with Crippen LogP contribution in [0.1, 0.15) is 25.3 Å². The molecule has 1 heterocycles. The molecule has 1 aliphatic rings. The lowest BCUT2D eigenvalue weighted by molar-refractivity contribution is 0.288. The number of anilines is 1. The third-order valence-electron chi connectivity index (χ3n) is 3.64. The molecule has 1 fully saturated rings. The lowest BCUT2D eigenvalue weighted by atomic mass is 10.0. The lowest BCUT2D eigenvalue weighted by Crippen LogP contribution is -2.37. The molecule has 0 amide bonds. The van der Waals surface area contributed by atoms with E-state index in [1.807, 2.05) is 0 Å². The number of hydrogen-bond acceptors (Lipinski definition) is 3. The Hall–Kier alpha value is -0.780. The second-order valence-corrected chi connectivity index (χ2v) is 7.55. The second kappa shape index (κ2) is 5.31. The van der Waals surface area contributed by atoms with Gasteiger partial charge in [0.15, 0.2) is 0 Å². The summed E-state index contributed by atoms with van der Waals surface area (Å²) >= 11 is 5.97. The summed E-state index contributed by atoms with van der Waals surface area (Å²) in [7, 11) is -3.45. The zero-order valence-corrected chi connectivity index (χ0v) is 12.8. The van der Waals surface area contributed by atoms with Crippen LogP contribution in [0.5, 0.6) is 0 Å². The van der Waals surface area contributed by atoms with Crippen LogP contribution in [-0.4, -0.2) is 25.8 Å². The normalized spacial score (nSPS) is 18.7. The first-order chi connectivity index (χ1) is 8.82. The van der Waals surface area contributed by atoms with Crippen molar-refractivity contribution in [1.82, 2.24) is 4.31 Å². The summed E-state index contributed by atoms with van der Waals surface area (Å²) in [5.41, 5.74) is 6.75. The van der Waals surface area contributed by atoms with Crippen molar-refractivity contribution < 1.29 is 8.42 Å². The summed E-state index contributed by atoms with van der Waals surface area (Å²) in [6.45, 7) is 5.06. The van der Waals surface area contributed by atoms with Gasteiger partial charge in [0.2, 0.25) is 10.0 Å². The quantitative estimate of drug-likeness (QED) is 0.854. The molecule has 0 saturated carbocycles. The number of hydrogen-bond donors (Lipinski definition) is 1. The summed E-state index contributed by atoms with van der Waals surface area (Å²) < 4.78 is 26.6. The van der Waals surface area contributed by atoms with Gasteiger partial charge in [0.1, 0.15) is 0 Å². The van der Waals surface area contributed by atoms with E-state index in [1.54, 1.807) is 13.0 Å². The van der Waals surface area contributed by atoms with Crippen LogP contribution in [0, 0.1) is 12.8 Å². The number of benzene rings is 1. The fourth-order valence-electron chi connectivity index (χ4n) is 2.29. The number of piperidine rings is 1. The topological polar surface area (TPSA) is 63.4 Å². The van der Waals surface area contributed by atoms with Crippen molar-refractivity contribution in [1.29, 1.82) is 0 Å². The van der Waals surface area contributed by atoms with Gasteiger partial charge in [-0.1, -0.05) is 18.5 Å². The molecule has 4 nitrogen and oxygen atoms in total. The van der Waals surface area contributed by atoms with E-state index < -0.39 is 10.0 Å². The Labute approximate surface area is 119 Å². The van der Waals surface area contributed by atoms with E-state index in [2.05, 4.69) is 6.92 Å². The van der Waals surface area contributed by atoms with Crippen molar-refractivity contribution >= 4 is 27.3 Å². The largest absolute Gasteiger partial charge is 0.397 e. The molecule has 1 aliphatic heterocycles. The highest BCUT2D eigenvalue weighted by atomic mass is 35.5. The molecular formula is C13H19ClN2O2S. The maximum Gasteiger partial charge on any atom is 0.243 e.